The van der Waals surface area contributed by atoms with Crippen LogP contribution in [0.25, 0.3) is 10.2 Å². The third kappa shape index (κ3) is 5.44. The Labute approximate surface area is 186 Å². The number of amides is 1. The zero-order chi connectivity index (χ0) is 22.4. The molecule has 0 aliphatic carbocycles. The molecule has 0 aliphatic heterocycles. The number of hydrogen-bond acceptors (Lipinski definition) is 6. The number of carbonyl (C=O) groups is 1. The van der Waals surface area contributed by atoms with Gasteiger partial charge in [0.05, 0.1) is 24.9 Å². The third-order valence-electron chi connectivity index (χ3n) is 4.89. The number of hydrogen-bond donors (Lipinski definition) is 1. The number of nitrogens with one attached hydrogen (secondary N) is 1. The molecule has 1 amide bonds. The Morgan fingerprint density at radius 2 is 1.84 bits per heavy atom. The molecular weight excluding hydrogens is 414 g/mol. The van der Waals surface area contributed by atoms with E-state index in [4.69, 9.17) is 9.47 Å². The molecule has 1 aromatic carbocycles. The Morgan fingerprint density at radius 1 is 1.13 bits per heavy atom. The van der Waals surface area contributed by atoms with Crippen molar-refractivity contribution >= 4 is 33.1 Å². The van der Waals surface area contributed by atoms with Crippen molar-refractivity contribution in [3.8, 4) is 11.5 Å². The van der Waals surface area contributed by atoms with Gasteiger partial charge >= 0.3 is 0 Å². The van der Waals surface area contributed by atoms with Crippen LogP contribution in [0.2, 0.25) is 0 Å². The molecule has 166 valence electrons. The topological polar surface area (TPSA) is 82.5 Å². The lowest BCUT2D eigenvalue weighted by Gasteiger charge is -2.14. The monoisotopic (exact) mass is 443 g/mol. The fourth-order valence-corrected chi connectivity index (χ4v) is 4.10. The number of benzene rings is 1. The van der Waals surface area contributed by atoms with E-state index in [9.17, 15) is 9.59 Å². The molecule has 2 aromatic heterocycles. The summed E-state index contributed by atoms with van der Waals surface area (Å²) in [4.78, 5) is 31.5. The molecule has 0 radical (unpaired) electrons. The first-order valence-corrected chi connectivity index (χ1v) is 11.4. The van der Waals surface area contributed by atoms with Gasteiger partial charge in [-0.15, -0.1) is 11.3 Å². The van der Waals surface area contributed by atoms with Gasteiger partial charge in [-0.2, -0.15) is 0 Å². The van der Waals surface area contributed by atoms with Crippen LogP contribution in [-0.2, 0) is 11.3 Å². The van der Waals surface area contributed by atoms with Crippen LogP contribution in [0.5, 0.6) is 11.5 Å². The van der Waals surface area contributed by atoms with Gasteiger partial charge in [0.2, 0.25) is 5.91 Å². The van der Waals surface area contributed by atoms with Crippen molar-refractivity contribution in [1.82, 2.24) is 9.55 Å². The van der Waals surface area contributed by atoms with Crippen molar-refractivity contribution in [3.63, 3.8) is 0 Å². The minimum atomic E-state index is -0.186. The van der Waals surface area contributed by atoms with E-state index >= 15 is 0 Å². The molecule has 0 aliphatic rings. The highest BCUT2D eigenvalue weighted by atomic mass is 32.1. The number of aromatic nitrogens is 2. The van der Waals surface area contributed by atoms with Crippen molar-refractivity contribution in [2.75, 3.05) is 18.5 Å². The Balaban J connectivity index is 1.68. The average molecular weight is 444 g/mol. The van der Waals surface area contributed by atoms with Crippen LogP contribution in [0.4, 0.5) is 5.69 Å². The van der Waals surface area contributed by atoms with Gasteiger partial charge in [0, 0.05) is 29.6 Å². The van der Waals surface area contributed by atoms with E-state index in [1.165, 1.54) is 22.2 Å². The molecule has 0 atom stereocenters. The van der Waals surface area contributed by atoms with Crippen molar-refractivity contribution in [3.05, 3.63) is 45.3 Å². The lowest BCUT2D eigenvalue weighted by atomic mass is 10.2. The molecule has 0 fully saturated rings. The van der Waals surface area contributed by atoms with Gasteiger partial charge in [-0.05, 0) is 44.4 Å². The fourth-order valence-electron chi connectivity index (χ4n) is 3.12. The molecule has 2 heterocycles. The Morgan fingerprint density at radius 3 is 2.55 bits per heavy atom. The van der Waals surface area contributed by atoms with Crippen LogP contribution in [0.1, 0.15) is 43.6 Å². The minimum Gasteiger partial charge on any atom is -0.490 e. The first-order valence-electron chi connectivity index (χ1n) is 10.6. The Hall–Kier alpha value is -2.87. The van der Waals surface area contributed by atoms with Gasteiger partial charge in [-0.3, -0.25) is 14.2 Å². The highest BCUT2D eigenvalue weighted by Gasteiger charge is 2.13. The van der Waals surface area contributed by atoms with Crippen molar-refractivity contribution in [2.24, 2.45) is 0 Å². The summed E-state index contributed by atoms with van der Waals surface area (Å²) in [6, 6.07) is 5.37. The van der Waals surface area contributed by atoms with Crippen molar-refractivity contribution in [2.45, 2.75) is 53.5 Å². The number of fused-ring (bicyclic) bond motifs is 1. The quantitative estimate of drug-likeness (QED) is 0.492. The normalized spacial score (nSPS) is 11.0. The van der Waals surface area contributed by atoms with Gasteiger partial charge in [0.1, 0.15) is 4.83 Å². The predicted molar refractivity (Wildman–Crippen MR) is 125 cm³/mol. The second kappa shape index (κ2) is 10.4. The van der Waals surface area contributed by atoms with E-state index in [1.54, 1.807) is 18.2 Å². The van der Waals surface area contributed by atoms with Crippen LogP contribution in [0.3, 0.4) is 0 Å². The number of rotatable bonds is 10. The molecule has 1 N–H and O–H groups in total. The summed E-state index contributed by atoms with van der Waals surface area (Å²) in [7, 11) is 0. The molecule has 0 unspecified atom stereocenters. The summed E-state index contributed by atoms with van der Waals surface area (Å²) in [5.74, 6) is 1.09. The van der Waals surface area contributed by atoms with Crippen LogP contribution in [-0.4, -0.2) is 28.7 Å². The largest absolute Gasteiger partial charge is 0.490 e. The molecule has 3 rings (SSSR count). The van der Waals surface area contributed by atoms with Gasteiger partial charge < -0.3 is 14.8 Å². The maximum Gasteiger partial charge on any atom is 0.262 e. The van der Waals surface area contributed by atoms with E-state index in [0.717, 1.165) is 28.1 Å². The molecule has 0 saturated carbocycles. The smallest absolute Gasteiger partial charge is 0.262 e. The molecule has 31 heavy (non-hydrogen) atoms. The Bertz CT molecular complexity index is 1120. The standard InChI is InChI=1S/C23H29N3O4S/c1-5-11-29-18-8-7-17(13-19(18)30-12-6-2)25-20(27)9-10-26-14-24-22-21(23(26)28)15(3)16(4)31-22/h7-8,13-14H,5-6,9-12H2,1-4H3,(H,25,27). The van der Waals surface area contributed by atoms with Crippen molar-refractivity contribution < 1.29 is 14.3 Å². The summed E-state index contributed by atoms with van der Waals surface area (Å²) in [6.45, 7) is 9.42. The molecular formula is C23H29N3O4S. The van der Waals surface area contributed by atoms with Gasteiger partial charge in [-0.1, -0.05) is 13.8 Å². The van der Waals surface area contributed by atoms with Gasteiger partial charge in [-0.25, -0.2) is 4.98 Å². The number of thiophene rings is 1. The number of nitrogens with zero attached hydrogens (tertiary/aromatic N) is 2. The third-order valence-corrected chi connectivity index (χ3v) is 6.00. The number of carbonyl (C=O) groups excluding carboxylic acids is 1. The number of aryl methyl sites for hydroxylation is 3. The first kappa shape index (κ1) is 22.8. The lowest BCUT2D eigenvalue weighted by Crippen LogP contribution is -2.23. The zero-order valence-corrected chi connectivity index (χ0v) is 19.3. The Kier molecular flexibility index (Phi) is 7.68. The molecule has 0 saturated heterocycles. The minimum absolute atomic E-state index is 0.104. The molecule has 3 aromatic rings. The summed E-state index contributed by atoms with van der Waals surface area (Å²) >= 11 is 1.51. The highest BCUT2D eigenvalue weighted by Crippen LogP contribution is 2.31. The lowest BCUT2D eigenvalue weighted by molar-refractivity contribution is -0.116. The number of ether oxygens (including phenoxy) is 2. The summed E-state index contributed by atoms with van der Waals surface area (Å²) in [5, 5.41) is 3.52. The predicted octanol–water partition coefficient (Wildman–Crippen LogP) is 4.68. The summed E-state index contributed by atoms with van der Waals surface area (Å²) in [5.41, 5.74) is 1.48. The second-order valence-corrected chi connectivity index (χ2v) is 8.57. The second-order valence-electron chi connectivity index (χ2n) is 7.36. The molecule has 0 spiro atoms. The van der Waals surface area contributed by atoms with Crippen molar-refractivity contribution in [1.29, 1.82) is 0 Å². The average Bonchev–Trinajstić information content (AvgIpc) is 3.05. The first-order chi connectivity index (χ1) is 14.9. The van der Waals surface area contributed by atoms with Crippen LogP contribution >= 0.6 is 11.3 Å². The van der Waals surface area contributed by atoms with E-state index in [2.05, 4.69) is 10.3 Å². The van der Waals surface area contributed by atoms with Crippen LogP contribution < -0.4 is 20.3 Å². The van der Waals surface area contributed by atoms with Gasteiger partial charge in [0.15, 0.2) is 11.5 Å². The molecule has 8 heteroatoms. The van der Waals surface area contributed by atoms with Gasteiger partial charge in [0.25, 0.3) is 5.56 Å². The maximum atomic E-state index is 12.8. The van der Waals surface area contributed by atoms with E-state index < -0.39 is 0 Å². The molecule has 0 bridgehead atoms. The highest BCUT2D eigenvalue weighted by molar-refractivity contribution is 7.18. The summed E-state index contributed by atoms with van der Waals surface area (Å²) in [6.07, 6.45) is 3.45. The van der Waals surface area contributed by atoms with Crippen LogP contribution in [0.15, 0.2) is 29.3 Å². The van der Waals surface area contributed by atoms with E-state index in [0.29, 0.717) is 35.8 Å². The number of anilines is 1. The van der Waals surface area contributed by atoms with E-state index in [-0.39, 0.29) is 24.4 Å². The van der Waals surface area contributed by atoms with Crippen LogP contribution in [0, 0.1) is 13.8 Å². The maximum absolute atomic E-state index is 12.8. The van der Waals surface area contributed by atoms with E-state index in [1.807, 2.05) is 27.7 Å². The fraction of sp³-hybridized carbons (Fsp3) is 0.435. The SMILES string of the molecule is CCCOc1ccc(NC(=O)CCn2cnc3sc(C)c(C)c3c2=O)cc1OCCC. The summed E-state index contributed by atoms with van der Waals surface area (Å²) < 4.78 is 13.0. The zero-order valence-electron chi connectivity index (χ0n) is 18.5. The molecule has 7 nitrogen and oxygen atoms in total.